The van der Waals surface area contributed by atoms with Crippen molar-refractivity contribution in [2.45, 2.75) is 0 Å². The Morgan fingerprint density at radius 1 is 1.20 bits per heavy atom. The Kier molecular flexibility index (Phi) is 4.49. The van der Waals surface area contributed by atoms with Crippen LogP contribution in [0.5, 0.6) is 0 Å². The van der Waals surface area contributed by atoms with Crippen LogP contribution in [0.3, 0.4) is 0 Å². The van der Waals surface area contributed by atoms with Gasteiger partial charge in [-0.15, -0.1) is 0 Å². The van der Waals surface area contributed by atoms with Crippen molar-refractivity contribution in [3.05, 3.63) is 36.0 Å². The van der Waals surface area contributed by atoms with Crippen molar-refractivity contribution in [3.63, 3.8) is 0 Å². The number of nitrogens with one attached hydrogen (secondary N) is 1. The molecule has 0 bridgehead atoms. The number of hydrogen-bond acceptors (Lipinski definition) is 5. The van der Waals surface area contributed by atoms with Crippen molar-refractivity contribution < 1.29 is 10.2 Å². The van der Waals surface area contributed by atoms with E-state index in [2.05, 4.69) is 4.98 Å². The molecule has 20 heavy (non-hydrogen) atoms. The van der Waals surface area contributed by atoms with Gasteiger partial charge in [-0.05, 0) is 6.07 Å². The number of hydrogen-bond donors (Lipinski definition) is 4. The van der Waals surface area contributed by atoms with Crippen LogP contribution in [0.1, 0.15) is 5.56 Å². The number of nitrogens with zero attached hydrogens (tertiary/aromatic N) is 2. The molecular formula is C14H18N4O2. The smallest absolute Gasteiger partial charge is 0.126 e. The summed E-state index contributed by atoms with van der Waals surface area (Å²) in [7, 11) is 0. The van der Waals surface area contributed by atoms with Gasteiger partial charge in [0.25, 0.3) is 0 Å². The van der Waals surface area contributed by atoms with Crippen LogP contribution in [0.4, 0.5) is 5.69 Å². The van der Waals surface area contributed by atoms with E-state index in [1.165, 1.54) is 0 Å². The number of benzene rings is 1. The van der Waals surface area contributed by atoms with Gasteiger partial charge in [-0.25, -0.2) is 0 Å². The number of anilines is 1. The van der Waals surface area contributed by atoms with Crippen LogP contribution in [-0.2, 0) is 0 Å². The van der Waals surface area contributed by atoms with E-state index in [0.717, 1.165) is 16.6 Å². The first-order chi connectivity index (χ1) is 9.69. The molecule has 0 aliphatic rings. The Morgan fingerprint density at radius 2 is 1.85 bits per heavy atom. The van der Waals surface area contributed by atoms with E-state index in [1.54, 1.807) is 6.20 Å². The van der Waals surface area contributed by atoms with Crippen LogP contribution in [0.25, 0.3) is 10.9 Å². The second kappa shape index (κ2) is 6.31. The predicted molar refractivity (Wildman–Crippen MR) is 79.1 cm³/mol. The maximum atomic E-state index is 9.20. The Morgan fingerprint density at radius 3 is 2.45 bits per heavy atom. The average molecular weight is 274 g/mol. The van der Waals surface area contributed by atoms with Crippen LogP contribution in [0.2, 0.25) is 0 Å². The standard InChI is InChI=1S/C14H18N4O2/c15-14(16)11-9-17-12-4-2-1-3-10(12)13(11)18(5-7-19)6-8-20/h1-4,9,19-20H,5-8H2,(H3,15,16). The number of aliphatic hydroxyl groups is 2. The number of amidine groups is 1. The number of aliphatic hydroxyl groups excluding tert-OH is 2. The minimum Gasteiger partial charge on any atom is -0.395 e. The second-order valence-electron chi connectivity index (χ2n) is 4.39. The number of rotatable bonds is 6. The predicted octanol–water partition coefficient (Wildman–Crippen LogP) is 0.310. The van der Waals surface area contributed by atoms with Crippen molar-refractivity contribution in [3.8, 4) is 0 Å². The summed E-state index contributed by atoms with van der Waals surface area (Å²) in [5, 5.41) is 26.9. The maximum Gasteiger partial charge on any atom is 0.126 e. The zero-order valence-electron chi connectivity index (χ0n) is 11.1. The summed E-state index contributed by atoms with van der Waals surface area (Å²) in [5.41, 5.74) is 7.65. The van der Waals surface area contributed by atoms with Gasteiger partial charge < -0.3 is 20.8 Å². The van der Waals surface area contributed by atoms with Crippen LogP contribution >= 0.6 is 0 Å². The molecule has 106 valence electrons. The molecule has 1 aromatic heterocycles. The van der Waals surface area contributed by atoms with Crippen molar-refractivity contribution in [1.82, 2.24) is 4.98 Å². The molecule has 0 amide bonds. The fourth-order valence-electron chi connectivity index (χ4n) is 2.24. The third-order valence-corrected chi connectivity index (χ3v) is 3.09. The molecule has 0 spiro atoms. The van der Waals surface area contributed by atoms with Crippen LogP contribution in [0, 0.1) is 5.41 Å². The highest BCUT2D eigenvalue weighted by Crippen LogP contribution is 2.29. The Hall–Kier alpha value is -2.18. The third kappa shape index (κ3) is 2.71. The first-order valence-corrected chi connectivity index (χ1v) is 6.38. The van der Waals surface area contributed by atoms with Crippen molar-refractivity contribution in [1.29, 1.82) is 5.41 Å². The fourth-order valence-corrected chi connectivity index (χ4v) is 2.24. The molecular weight excluding hydrogens is 256 g/mol. The molecule has 1 aromatic carbocycles. The monoisotopic (exact) mass is 274 g/mol. The number of fused-ring (bicyclic) bond motifs is 1. The third-order valence-electron chi connectivity index (χ3n) is 3.09. The summed E-state index contributed by atoms with van der Waals surface area (Å²) in [4.78, 5) is 6.11. The molecule has 5 N–H and O–H groups in total. The molecule has 0 unspecified atom stereocenters. The van der Waals surface area contributed by atoms with Gasteiger partial charge in [0, 0.05) is 24.7 Å². The SMILES string of the molecule is N=C(N)c1cnc2ccccc2c1N(CCO)CCO. The largest absolute Gasteiger partial charge is 0.395 e. The molecule has 0 atom stereocenters. The molecule has 0 fully saturated rings. The van der Waals surface area contributed by atoms with Gasteiger partial charge in [-0.1, -0.05) is 18.2 Å². The summed E-state index contributed by atoms with van der Waals surface area (Å²) in [6.07, 6.45) is 1.56. The molecule has 0 radical (unpaired) electrons. The van der Waals surface area contributed by atoms with Crippen LogP contribution < -0.4 is 10.6 Å². The molecule has 0 aliphatic carbocycles. The number of nitrogens with two attached hydrogens (primary N) is 1. The molecule has 6 heteroatoms. The summed E-state index contributed by atoms with van der Waals surface area (Å²) >= 11 is 0. The van der Waals surface area contributed by atoms with E-state index in [0.29, 0.717) is 18.7 Å². The van der Waals surface area contributed by atoms with E-state index in [1.807, 2.05) is 29.2 Å². The summed E-state index contributed by atoms with van der Waals surface area (Å²) in [6, 6.07) is 7.53. The van der Waals surface area contributed by atoms with Crippen LogP contribution in [0.15, 0.2) is 30.5 Å². The number of pyridine rings is 1. The van der Waals surface area contributed by atoms with Gasteiger partial charge in [0.15, 0.2) is 0 Å². The van der Waals surface area contributed by atoms with Crippen molar-refractivity contribution >= 4 is 22.4 Å². The molecule has 0 saturated heterocycles. The van der Waals surface area contributed by atoms with E-state index >= 15 is 0 Å². The lowest BCUT2D eigenvalue weighted by atomic mass is 10.1. The fraction of sp³-hybridized carbons (Fsp3) is 0.286. The van der Waals surface area contributed by atoms with Gasteiger partial charge in [-0.3, -0.25) is 10.4 Å². The summed E-state index contributed by atoms with van der Waals surface area (Å²) < 4.78 is 0. The van der Waals surface area contributed by atoms with Gasteiger partial charge in [-0.2, -0.15) is 0 Å². The highest BCUT2D eigenvalue weighted by atomic mass is 16.3. The lowest BCUT2D eigenvalue weighted by molar-refractivity contribution is 0.281. The maximum absolute atomic E-state index is 9.20. The molecule has 6 nitrogen and oxygen atoms in total. The minimum atomic E-state index is -0.0841. The van der Waals surface area contributed by atoms with E-state index in [-0.39, 0.29) is 19.0 Å². The Labute approximate surface area is 117 Å². The van der Waals surface area contributed by atoms with Crippen molar-refractivity contribution in [2.75, 3.05) is 31.2 Å². The Bertz CT molecular complexity index is 609. The zero-order valence-corrected chi connectivity index (χ0v) is 11.1. The molecule has 2 aromatic rings. The van der Waals surface area contributed by atoms with Crippen molar-refractivity contribution in [2.24, 2.45) is 5.73 Å². The summed E-state index contributed by atoms with van der Waals surface area (Å²) in [6.45, 7) is 0.617. The van der Waals surface area contributed by atoms with Crippen LogP contribution in [-0.4, -0.2) is 47.3 Å². The first kappa shape index (κ1) is 14.2. The minimum absolute atomic E-state index is 0.0476. The van der Waals surface area contributed by atoms with Gasteiger partial charge in [0.2, 0.25) is 0 Å². The normalized spacial score (nSPS) is 10.7. The average Bonchev–Trinajstić information content (AvgIpc) is 2.45. The summed E-state index contributed by atoms with van der Waals surface area (Å²) in [5.74, 6) is -0.0841. The molecule has 2 rings (SSSR count). The van der Waals surface area contributed by atoms with Gasteiger partial charge in [0.05, 0.1) is 30.0 Å². The highest BCUT2D eigenvalue weighted by Gasteiger charge is 2.16. The van der Waals surface area contributed by atoms with E-state index < -0.39 is 0 Å². The quantitative estimate of drug-likeness (QED) is 0.448. The second-order valence-corrected chi connectivity index (χ2v) is 4.39. The molecule has 0 saturated carbocycles. The topological polar surface area (TPSA) is 106 Å². The number of para-hydroxylation sites is 1. The zero-order chi connectivity index (χ0) is 14.5. The Balaban J connectivity index is 2.67. The first-order valence-electron chi connectivity index (χ1n) is 6.38. The number of aromatic nitrogens is 1. The lowest BCUT2D eigenvalue weighted by Gasteiger charge is -2.26. The van der Waals surface area contributed by atoms with E-state index in [9.17, 15) is 10.2 Å². The van der Waals surface area contributed by atoms with E-state index in [4.69, 9.17) is 11.1 Å². The number of nitrogen functional groups attached to an aromatic ring is 1. The molecule has 0 aliphatic heterocycles. The highest BCUT2D eigenvalue weighted by molar-refractivity contribution is 6.07. The molecule has 1 heterocycles. The van der Waals surface area contributed by atoms with Gasteiger partial charge in [0.1, 0.15) is 5.84 Å². The van der Waals surface area contributed by atoms with Gasteiger partial charge >= 0.3 is 0 Å². The lowest BCUT2D eigenvalue weighted by Crippen LogP contribution is -2.32.